The van der Waals surface area contributed by atoms with Crippen LogP contribution in [0.15, 0.2) is 35.5 Å². The Morgan fingerprint density at radius 3 is 2.59 bits per heavy atom. The highest BCUT2D eigenvalue weighted by Gasteiger charge is 2.62. The molecule has 4 heterocycles. The molecule has 0 radical (unpaired) electrons. The number of anilines is 1. The molecule has 2 aromatic rings. The fraction of sp³-hybridized carbons (Fsp3) is 0.636. The number of hydrogen-bond acceptors (Lipinski definition) is 9. The molecule has 1 aliphatic carbocycles. The van der Waals surface area contributed by atoms with Crippen LogP contribution in [0, 0.1) is 18.3 Å². The van der Waals surface area contributed by atoms with E-state index in [9.17, 15) is 22.8 Å². The van der Waals surface area contributed by atoms with Crippen molar-refractivity contribution < 1.29 is 32.2 Å². The topological polar surface area (TPSA) is 114 Å². The van der Waals surface area contributed by atoms with Gasteiger partial charge in [-0.25, -0.2) is 9.78 Å². The van der Waals surface area contributed by atoms with E-state index >= 15 is 0 Å². The number of nitrogens with one attached hydrogen (secondary N) is 2. The van der Waals surface area contributed by atoms with Gasteiger partial charge in [-0.05, 0) is 116 Å². The van der Waals surface area contributed by atoms with Crippen LogP contribution in [0.2, 0.25) is 5.15 Å². The van der Waals surface area contributed by atoms with Gasteiger partial charge in [-0.1, -0.05) is 11.6 Å². The average molecular weight is 728 g/mol. The lowest BCUT2D eigenvalue weighted by Gasteiger charge is -2.33. The summed E-state index contributed by atoms with van der Waals surface area (Å²) in [5.41, 5.74) is 1.68. The van der Waals surface area contributed by atoms with E-state index in [4.69, 9.17) is 21.1 Å². The molecule has 0 bridgehead atoms. The number of carbonyl (C=O) groups is 2. The highest BCUT2D eigenvalue weighted by molar-refractivity contribution is 7.98. The first-order valence-corrected chi connectivity index (χ1v) is 17.7. The highest BCUT2D eigenvalue weighted by Crippen LogP contribution is 2.59. The number of halogens is 4. The molecule has 1 unspecified atom stereocenters. The van der Waals surface area contributed by atoms with Crippen LogP contribution in [0.25, 0.3) is 0 Å². The molecule has 16 heteroatoms. The van der Waals surface area contributed by atoms with Gasteiger partial charge in [0.1, 0.15) is 22.8 Å². The van der Waals surface area contributed by atoms with E-state index in [0.29, 0.717) is 24.8 Å². The van der Waals surface area contributed by atoms with Crippen LogP contribution in [0.5, 0.6) is 0 Å². The summed E-state index contributed by atoms with van der Waals surface area (Å²) >= 11 is 7.52. The molecule has 0 aromatic carbocycles. The number of ether oxygens (including phenoxy) is 2. The molecular formula is C33H45ClF3N7O4S. The zero-order valence-electron chi connectivity index (χ0n) is 28.7. The molecule has 5 rings (SSSR count). The molecule has 2 atom stereocenters. The Balaban J connectivity index is 1.05. The van der Waals surface area contributed by atoms with Crippen LogP contribution in [-0.2, 0) is 16.0 Å². The summed E-state index contributed by atoms with van der Waals surface area (Å²) in [6.45, 7) is 13.1. The lowest BCUT2D eigenvalue weighted by Crippen LogP contribution is -2.45. The average Bonchev–Trinajstić information content (AvgIpc) is 3.35. The van der Waals surface area contributed by atoms with Crippen LogP contribution in [0.1, 0.15) is 89.2 Å². The summed E-state index contributed by atoms with van der Waals surface area (Å²) in [7, 11) is 0. The van der Waals surface area contributed by atoms with Crippen molar-refractivity contribution >= 4 is 41.4 Å². The third-order valence-corrected chi connectivity index (χ3v) is 10.4. The first-order valence-electron chi connectivity index (χ1n) is 16.5. The van der Waals surface area contributed by atoms with Gasteiger partial charge in [0, 0.05) is 31.4 Å². The number of carbonyl (C=O) groups excluding carboxylic acids is 2. The second-order valence-corrected chi connectivity index (χ2v) is 15.8. The van der Waals surface area contributed by atoms with Crippen molar-refractivity contribution in [3.05, 3.63) is 47.0 Å². The van der Waals surface area contributed by atoms with Gasteiger partial charge in [-0.15, -0.1) is 0 Å². The van der Waals surface area contributed by atoms with Crippen LogP contribution in [0.4, 0.5) is 23.8 Å². The van der Waals surface area contributed by atoms with Crippen LogP contribution >= 0.6 is 23.5 Å². The standard InChI is InChI=1S/C33H45ClF3N7O4S/c1-21-24(19-38-43(21)15-7-8-22-18-31(5,6)42(20-22)29(46)48-30(2,3)4)49-41-28(45)23-9-10-25(39-27(23)34)44-16-11-26(40-44)47-17-14-32(12-13-32)33(35,36)37/h9-11,16,19,22,26,40H,7-8,12-15,17-18,20H2,1-6H3,(H,41,45)/t22-,26?/m0/s1. The maximum absolute atomic E-state index is 13.2. The number of alkyl halides is 3. The third-order valence-electron chi connectivity index (χ3n) is 9.20. The summed E-state index contributed by atoms with van der Waals surface area (Å²) in [5, 5.41) is 6.03. The minimum Gasteiger partial charge on any atom is -0.444 e. The number of rotatable bonds is 12. The molecule has 2 amide bonds. The van der Waals surface area contributed by atoms with Gasteiger partial charge in [0.2, 0.25) is 0 Å². The number of hydrazine groups is 1. The molecule has 2 N–H and O–H groups in total. The summed E-state index contributed by atoms with van der Waals surface area (Å²) in [6.07, 6.45) is 2.88. The molecule has 1 saturated heterocycles. The predicted molar refractivity (Wildman–Crippen MR) is 181 cm³/mol. The minimum atomic E-state index is -4.21. The van der Waals surface area contributed by atoms with Crippen molar-refractivity contribution in [2.45, 2.75) is 115 Å². The van der Waals surface area contributed by atoms with Gasteiger partial charge in [-0.3, -0.25) is 19.2 Å². The number of aryl methyl sites for hydroxylation is 1. The molecule has 1 saturated carbocycles. The quantitative estimate of drug-likeness (QED) is 0.171. The Hall–Kier alpha value is -3.01. The molecule has 2 aromatic heterocycles. The number of amides is 2. The Bertz CT molecular complexity index is 1560. The monoisotopic (exact) mass is 727 g/mol. The molecule has 2 fully saturated rings. The van der Waals surface area contributed by atoms with Crippen molar-refractivity contribution in [3.8, 4) is 0 Å². The smallest absolute Gasteiger partial charge is 0.410 e. The van der Waals surface area contributed by atoms with E-state index < -0.39 is 29.3 Å². The van der Waals surface area contributed by atoms with E-state index in [0.717, 1.165) is 41.8 Å². The molecule has 2 aliphatic heterocycles. The van der Waals surface area contributed by atoms with E-state index in [2.05, 4.69) is 34.1 Å². The Morgan fingerprint density at radius 2 is 1.94 bits per heavy atom. The Morgan fingerprint density at radius 1 is 1.20 bits per heavy atom. The molecule has 3 aliphatic rings. The number of likely N-dealkylation sites (tertiary alicyclic amines) is 1. The fourth-order valence-corrected chi connectivity index (χ4v) is 7.12. The lowest BCUT2D eigenvalue weighted by atomic mass is 9.93. The van der Waals surface area contributed by atoms with Gasteiger partial charge in [0.05, 0.1) is 27.8 Å². The summed E-state index contributed by atoms with van der Waals surface area (Å²) in [6, 6.07) is 3.16. The zero-order chi connectivity index (χ0) is 35.8. The van der Waals surface area contributed by atoms with Gasteiger partial charge >= 0.3 is 12.3 Å². The number of pyridine rings is 1. The number of aromatic nitrogens is 3. The van der Waals surface area contributed by atoms with Gasteiger partial charge in [-0.2, -0.15) is 23.7 Å². The third kappa shape index (κ3) is 9.02. The van der Waals surface area contributed by atoms with Crippen LogP contribution in [0.3, 0.4) is 0 Å². The zero-order valence-corrected chi connectivity index (χ0v) is 30.3. The highest BCUT2D eigenvalue weighted by atomic mass is 35.5. The van der Waals surface area contributed by atoms with Crippen LogP contribution in [-0.4, -0.2) is 68.4 Å². The summed E-state index contributed by atoms with van der Waals surface area (Å²) in [5.74, 6) is 0.334. The molecule has 49 heavy (non-hydrogen) atoms. The Kier molecular flexibility index (Phi) is 10.9. The van der Waals surface area contributed by atoms with Gasteiger partial charge in [0.25, 0.3) is 5.91 Å². The lowest BCUT2D eigenvalue weighted by molar-refractivity contribution is -0.192. The van der Waals surface area contributed by atoms with Crippen molar-refractivity contribution in [1.29, 1.82) is 0 Å². The summed E-state index contributed by atoms with van der Waals surface area (Å²) in [4.78, 5) is 32.7. The van der Waals surface area contributed by atoms with Crippen LogP contribution < -0.4 is 15.2 Å². The first kappa shape index (κ1) is 37.3. The first-order chi connectivity index (χ1) is 22.9. The second kappa shape index (κ2) is 14.3. The maximum Gasteiger partial charge on any atom is 0.410 e. The Labute approximate surface area is 294 Å². The number of nitrogens with zero attached hydrogens (tertiary/aromatic N) is 5. The van der Waals surface area contributed by atoms with Crippen molar-refractivity contribution in [2.24, 2.45) is 11.3 Å². The molecule has 0 spiro atoms. The van der Waals surface area contributed by atoms with E-state index in [1.165, 1.54) is 5.01 Å². The van der Waals surface area contributed by atoms with E-state index in [-0.39, 0.29) is 48.2 Å². The maximum atomic E-state index is 13.2. The van der Waals surface area contributed by atoms with E-state index in [1.54, 1.807) is 30.6 Å². The SMILES string of the molecule is Cc1c(SNC(=O)c2ccc(N3C=CC(OCCC4(C(F)(F)F)CC4)N3)nc2Cl)cnn1CCC[C@@H]1CN(C(=O)OC(C)(C)C)C(C)(C)C1. The predicted octanol–water partition coefficient (Wildman–Crippen LogP) is 7.41. The fourth-order valence-electron chi connectivity index (χ4n) is 6.22. The van der Waals surface area contributed by atoms with E-state index in [1.807, 2.05) is 37.3 Å². The summed E-state index contributed by atoms with van der Waals surface area (Å²) < 4.78 is 55.4. The molecule has 270 valence electrons. The number of hydrogen-bond donors (Lipinski definition) is 2. The van der Waals surface area contributed by atoms with Gasteiger partial charge < -0.3 is 14.4 Å². The van der Waals surface area contributed by atoms with Crippen molar-refractivity contribution in [2.75, 3.05) is 18.2 Å². The molecular weight excluding hydrogens is 683 g/mol. The van der Waals surface area contributed by atoms with Crippen molar-refractivity contribution in [1.82, 2.24) is 29.8 Å². The largest absolute Gasteiger partial charge is 0.444 e. The molecule has 11 nitrogen and oxygen atoms in total. The minimum absolute atomic E-state index is 0.0104. The second-order valence-electron chi connectivity index (χ2n) is 14.6. The van der Waals surface area contributed by atoms with Crippen molar-refractivity contribution in [3.63, 3.8) is 0 Å². The van der Waals surface area contributed by atoms with Gasteiger partial charge in [0.15, 0.2) is 0 Å². The normalized spacial score (nSPS) is 21.3.